The number of hydrogen-bond donors (Lipinski definition) is 3. The summed E-state index contributed by atoms with van der Waals surface area (Å²) < 4.78 is 10.8. The molecule has 0 bridgehead atoms. The Morgan fingerprint density at radius 3 is 2.56 bits per heavy atom. The lowest BCUT2D eigenvalue weighted by molar-refractivity contribution is -0.139. The summed E-state index contributed by atoms with van der Waals surface area (Å²) in [5, 5.41) is 9.39. The zero-order valence-electron chi connectivity index (χ0n) is 14.4. The van der Waals surface area contributed by atoms with Gasteiger partial charge in [0.25, 0.3) is 0 Å². The van der Waals surface area contributed by atoms with E-state index in [9.17, 15) is 14.4 Å². The largest absolute Gasteiger partial charge is 0.486 e. The topological polar surface area (TPSA) is 106 Å². The summed E-state index contributed by atoms with van der Waals surface area (Å²) in [5.41, 5.74) is 0.513. The number of anilines is 1. The molecule has 142 valence electrons. The first-order chi connectivity index (χ1) is 13.1. The number of hydrogen-bond acceptors (Lipinski definition) is 6. The van der Waals surface area contributed by atoms with E-state index in [0.717, 1.165) is 4.88 Å². The fraction of sp³-hybridized carbons (Fsp3) is 0.278. The van der Waals surface area contributed by atoms with Crippen molar-refractivity contribution in [1.29, 1.82) is 0 Å². The molecule has 0 fully saturated rings. The number of rotatable bonds is 6. The SMILES string of the molecule is O=C(CNC(=O)C(=O)NCCc1cccs1)Nc1ccc2c(c1)OCCO2. The molecule has 0 radical (unpaired) electrons. The van der Waals surface area contributed by atoms with Crippen LogP contribution in [0.25, 0.3) is 0 Å². The summed E-state index contributed by atoms with van der Waals surface area (Å²) in [5.74, 6) is -0.899. The van der Waals surface area contributed by atoms with Gasteiger partial charge in [0.15, 0.2) is 11.5 Å². The van der Waals surface area contributed by atoms with Crippen LogP contribution in [0.1, 0.15) is 4.88 Å². The van der Waals surface area contributed by atoms with Gasteiger partial charge in [0, 0.05) is 23.2 Å². The third kappa shape index (κ3) is 5.45. The maximum Gasteiger partial charge on any atom is 0.309 e. The van der Waals surface area contributed by atoms with Gasteiger partial charge >= 0.3 is 11.8 Å². The highest BCUT2D eigenvalue weighted by Gasteiger charge is 2.15. The van der Waals surface area contributed by atoms with Gasteiger partial charge in [0.1, 0.15) is 13.2 Å². The first kappa shape index (κ1) is 18.7. The van der Waals surface area contributed by atoms with Gasteiger partial charge in [-0.25, -0.2) is 0 Å². The lowest BCUT2D eigenvalue weighted by Crippen LogP contribution is -2.43. The maximum atomic E-state index is 11.9. The smallest absolute Gasteiger partial charge is 0.309 e. The van der Waals surface area contributed by atoms with E-state index >= 15 is 0 Å². The molecule has 2 aromatic rings. The van der Waals surface area contributed by atoms with E-state index in [1.165, 1.54) is 0 Å². The highest BCUT2D eigenvalue weighted by atomic mass is 32.1. The Morgan fingerprint density at radius 1 is 1.00 bits per heavy atom. The monoisotopic (exact) mass is 389 g/mol. The Labute approximate surface area is 159 Å². The Bertz CT molecular complexity index is 822. The molecule has 9 heteroatoms. The van der Waals surface area contributed by atoms with Crippen molar-refractivity contribution in [3.05, 3.63) is 40.6 Å². The quantitative estimate of drug-likeness (QED) is 0.638. The molecule has 1 aromatic carbocycles. The van der Waals surface area contributed by atoms with Gasteiger partial charge in [-0.2, -0.15) is 0 Å². The van der Waals surface area contributed by atoms with Crippen molar-refractivity contribution < 1.29 is 23.9 Å². The van der Waals surface area contributed by atoms with Crippen LogP contribution in [0, 0.1) is 0 Å². The predicted molar refractivity (Wildman–Crippen MR) is 100 cm³/mol. The molecular formula is C18H19N3O5S. The highest BCUT2D eigenvalue weighted by molar-refractivity contribution is 7.09. The Hall–Kier alpha value is -3.07. The number of amides is 3. The lowest BCUT2D eigenvalue weighted by Gasteiger charge is -2.19. The van der Waals surface area contributed by atoms with Crippen molar-refractivity contribution in [1.82, 2.24) is 10.6 Å². The van der Waals surface area contributed by atoms with Gasteiger partial charge in [-0.3, -0.25) is 14.4 Å². The fourth-order valence-electron chi connectivity index (χ4n) is 2.40. The third-order valence-electron chi connectivity index (χ3n) is 3.68. The summed E-state index contributed by atoms with van der Waals surface area (Å²) in [7, 11) is 0. The zero-order valence-corrected chi connectivity index (χ0v) is 15.3. The Morgan fingerprint density at radius 2 is 1.78 bits per heavy atom. The van der Waals surface area contributed by atoms with Crippen LogP contribution in [0.4, 0.5) is 5.69 Å². The molecule has 1 aliphatic rings. The van der Waals surface area contributed by atoms with Crippen LogP contribution < -0.4 is 25.4 Å². The van der Waals surface area contributed by atoms with E-state index in [2.05, 4.69) is 16.0 Å². The minimum atomic E-state index is -0.849. The van der Waals surface area contributed by atoms with Gasteiger partial charge in [0.05, 0.1) is 6.54 Å². The molecule has 0 saturated heterocycles. The predicted octanol–water partition coefficient (Wildman–Crippen LogP) is 0.933. The van der Waals surface area contributed by atoms with Crippen molar-refractivity contribution >= 4 is 34.7 Å². The van der Waals surface area contributed by atoms with Crippen molar-refractivity contribution in [2.45, 2.75) is 6.42 Å². The van der Waals surface area contributed by atoms with Crippen LogP contribution in [-0.4, -0.2) is 44.0 Å². The number of carbonyl (C=O) groups excluding carboxylic acids is 3. The number of nitrogens with one attached hydrogen (secondary N) is 3. The number of carbonyl (C=O) groups is 3. The molecule has 0 saturated carbocycles. The summed E-state index contributed by atoms with van der Waals surface area (Å²) >= 11 is 1.58. The van der Waals surface area contributed by atoms with Gasteiger partial charge in [0.2, 0.25) is 5.91 Å². The van der Waals surface area contributed by atoms with Crippen molar-refractivity contribution in [2.24, 2.45) is 0 Å². The standard InChI is InChI=1S/C18H19N3O5S/c22-16(21-12-3-4-14-15(10-12)26-8-7-25-14)11-20-18(24)17(23)19-6-5-13-2-1-9-27-13/h1-4,9-10H,5-8,11H2,(H,19,23)(H,20,24)(H,21,22). The minimum absolute atomic E-state index is 0.314. The van der Waals surface area contributed by atoms with Gasteiger partial charge in [-0.15, -0.1) is 11.3 Å². The highest BCUT2D eigenvalue weighted by Crippen LogP contribution is 2.32. The number of thiophene rings is 1. The van der Waals surface area contributed by atoms with Crippen LogP contribution >= 0.6 is 11.3 Å². The second-order valence-corrected chi connectivity index (χ2v) is 6.71. The molecule has 3 rings (SSSR count). The van der Waals surface area contributed by atoms with Crippen molar-refractivity contribution in [2.75, 3.05) is 31.6 Å². The van der Waals surface area contributed by atoms with E-state index in [0.29, 0.717) is 43.4 Å². The molecule has 2 heterocycles. The number of benzene rings is 1. The van der Waals surface area contributed by atoms with E-state index in [4.69, 9.17) is 9.47 Å². The second kappa shape index (κ2) is 9.04. The van der Waals surface area contributed by atoms with Crippen LogP contribution in [0.2, 0.25) is 0 Å². The van der Waals surface area contributed by atoms with Gasteiger partial charge in [-0.05, 0) is 30.0 Å². The molecule has 0 unspecified atom stereocenters. The van der Waals surface area contributed by atoms with E-state index in [1.54, 1.807) is 29.5 Å². The number of fused-ring (bicyclic) bond motifs is 1. The molecular weight excluding hydrogens is 370 g/mol. The van der Waals surface area contributed by atoms with E-state index in [-0.39, 0.29) is 6.54 Å². The minimum Gasteiger partial charge on any atom is -0.486 e. The molecule has 0 spiro atoms. The lowest BCUT2D eigenvalue weighted by atomic mass is 10.2. The van der Waals surface area contributed by atoms with Crippen LogP contribution in [0.3, 0.4) is 0 Å². The average Bonchev–Trinajstić information content (AvgIpc) is 3.19. The molecule has 1 aliphatic heterocycles. The third-order valence-corrected chi connectivity index (χ3v) is 4.61. The fourth-order valence-corrected chi connectivity index (χ4v) is 3.11. The van der Waals surface area contributed by atoms with Crippen LogP contribution in [0.5, 0.6) is 11.5 Å². The van der Waals surface area contributed by atoms with Crippen LogP contribution in [-0.2, 0) is 20.8 Å². The summed E-state index contributed by atoms with van der Waals surface area (Å²) in [4.78, 5) is 36.5. The molecule has 27 heavy (non-hydrogen) atoms. The summed E-state index contributed by atoms with van der Waals surface area (Å²) in [6, 6.07) is 8.90. The molecule has 3 N–H and O–H groups in total. The first-order valence-corrected chi connectivity index (χ1v) is 9.28. The number of ether oxygens (including phenoxy) is 2. The second-order valence-electron chi connectivity index (χ2n) is 5.67. The van der Waals surface area contributed by atoms with Crippen molar-refractivity contribution in [3.8, 4) is 11.5 Å². The summed E-state index contributed by atoms with van der Waals surface area (Å²) in [6.45, 7) is 0.976. The summed E-state index contributed by atoms with van der Waals surface area (Å²) in [6.07, 6.45) is 0.654. The maximum absolute atomic E-state index is 11.9. The molecule has 3 amide bonds. The van der Waals surface area contributed by atoms with Crippen molar-refractivity contribution in [3.63, 3.8) is 0 Å². The molecule has 0 aliphatic carbocycles. The molecule has 0 atom stereocenters. The van der Waals surface area contributed by atoms with E-state index < -0.39 is 17.7 Å². The van der Waals surface area contributed by atoms with Crippen LogP contribution in [0.15, 0.2) is 35.7 Å². The van der Waals surface area contributed by atoms with E-state index in [1.807, 2.05) is 17.5 Å². The Kier molecular flexibility index (Phi) is 6.26. The normalized spacial score (nSPS) is 12.1. The molecule has 1 aromatic heterocycles. The first-order valence-electron chi connectivity index (χ1n) is 8.40. The zero-order chi connectivity index (χ0) is 19.1. The van der Waals surface area contributed by atoms with Gasteiger partial charge in [-0.1, -0.05) is 6.07 Å². The van der Waals surface area contributed by atoms with Gasteiger partial charge < -0.3 is 25.4 Å². The molecule has 8 nitrogen and oxygen atoms in total. The Balaban J connectivity index is 1.39. The average molecular weight is 389 g/mol.